The molecule has 0 aliphatic rings. The van der Waals surface area contributed by atoms with Crippen molar-refractivity contribution in [3.63, 3.8) is 0 Å². The van der Waals surface area contributed by atoms with Gasteiger partial charge in [0.15, 0.2) is 5.58 Å². The lowest BCUT2D eigenvalue weighted by atomic mass is 10.0. The van der Waals surface area contributed by atoms with Crippen LogP contribution in [0.15, 0.2) is 73.4 Å². The average Bonchev–Trinajstić information content (AvgIpc) is 2.76. The first kappa shape index (κ1) is 21.2. The number of rotatable bonds is 2. The van der Waals surface area contributed by atoms with E-state index in [2.05, 4.69) is 0 Å². The topological polar surface area (TPSA) is 80.7 Å². The van der Waals surface area contributed by atoms with Crippen LogP contribution < -0.4 is 10.9 Å². The number of phenolic OH excluding ortho intramolecular Hbond substituents is 1. The van der Waals surface area contributed by atoms with Gasteiger partial charge in [0.05, 0.1) is 21.2 Å². The highest BCUT2D eigenvalue weighted by molar-refractivity contribution is 6.33. The van der Waals surface area contributed by atoms with Crippen molar-refractivity contribution in [3.05, 3.63) is 97.1 Å². The first-order valence-corrected chi connectivity index (χ1v) is 10.2. The van der Waals surface area contributed by atoms with E-state index in [9.17, 15) is 23.5 Å². The van der Waals surface area contributed by atoms with Gasteiger partial charge in [-0.05, 0) is 24.3 Å². The molecule has 0 saturated heterocycles. The Kier molecular flexibility index (Phi) is 4.96. The van der Waals surface area contributed by atoms with Gasteiger partial charge in [0, 0.05) is 17.2 Å². The van der Waals surface area contributed by atoms with Crippen molar-refractivity contribution >= 4 is 45.1 Å². The molecular weight excluding hydrogens is 477 g/mol. The third kappa shape index (κ3) is 3.20. The molecule has 9 heteroatoms. The standard InChI is InChI=1S/C24H10Cl2F2O5/c25-12-3-1-5-14(27)18(12)10-8-32-17-7-16(29)20-22(30)11(9-33-24(20)21(17)23(10)31)19-13(26)4-2-6-15(19)28/h1-9,29H. The highest BCUT2D eigenvalue weighted by Crippen LogP contribution is 2.36. The third-order valence-electron chi connectivity index (χ3n) is 5.23. The van der Waals surface area contributed by atoms with Crippen molar-refractivity contribution in [2.45, 2.75) is 0 Å². The Morgan fingerprint density at radius 2 is 1.27 bits per heavy atom. The molecule has 0 aliphatic heterocycles. The smallest absolute Gasteiger partial charge is 0.204 e. The molecule has 0 amide bonds. The molecule has 0 saturated carbocycles. The van der Waals surface area contributed by atoms with Crippen LogP contribution >= 0.6 is 23.2 Å². The largest absolute Gasteiger partial charge is 0.507 e. The summed E-state index contributed by atoms with van der Waals surface area (Å²) in [5.74, 6) is -2.08. The van der Waals surface area contributed by atoms with E-state index in [0.717, 1.165) is 30.7 Å². The predicted molar refractivity (Wildman–Crippen MR) is 121 cm³/mol. The summed E-state index contributed by atoms with van der Waals surface area (Å²) >= 11 is 12.2. The van der Waals surface area contributed by atoms with Crippen molar-refractivity contribution in [3.8, 4) is 28.0 Å². The van der Waals surface area contributed by atoms with E-state index in [-0.39, 0.29) is 54.2 Å². The molecule has 33 heavy (non-hydrogen) atoms. The first-order valence-electron chi connectivity index (χ1n) is 9.41. The summed E-state index contributed by atoms with van der Waals surface area (Å²) in [7, 11) is 0. The van der Waals surface area contributed by atoms with Crippen LogP contribution in [0.2, 0.25) is 10.0 Å². The summed E-state index contributed by atoms with van der Waals surface area (Å²) < 4.78 is 39.8. The van der Waals surface area contributed by atoms with Crippen LogP contribution in [0.4, 0.5) is 8.78 Å². The molecule has 3 aromatic carbocycles. The van der Waals surface area contributed by atoms with Gasteiger partial charge >= 0.3 is 0 Å². The summed E-state index contributed by atoms with van der Waals surface area (Å²) in [5, 5.41) is 9.82. The molecule has 0 atom stereocenters. The normalized spacial score (nSPS) is 11.4. The summed E-state index contributed by atoms with van der Waals surface area (Å²) in [5.41, 5.74) is -2.85. The first-order chi connectivity index (χ1) is 15.8. The number of fused-ring (bicyclic) bond motifs is 3. The van der Waals surface area contributed by atoms with Gasteiger partial charge in [0.1, 0.15) is 46.3 Å². The molecule has 0 bridgehead atoms. The van der Waals surface area contributed by atoms with E-state index in [1.807, 2.05) is 0 Å². The Hall–Kier alpha value is -3.68. The number of aromatic hydroxyl groups is 1. The number of phenols is 1. The molecule has 5 rings (SSSR count). The van der Waals surface area contributed by atoms with Crippen molar-refractivity contribution in [2.24, 2.45) is 0 Å². The van der Waals surface area contributed by atoms with Gasteiger partial charge in [0.25, 0.3) is 0 Å². The van der Waals surface area contributed by atoms with E-state index in [4.69, 9.17) is 32.0 Å². The molecule has 2 aromatic heterocycles. The second kappa shape index (κ2) is 7.72. The van der Waals surface area contributed by atoms with E-state index in [1.165, 1.54) is 24.3 Å². The number of benzene rings is 3. The molecule has 0 fully saturated rings. The summed E-state index contributed by atoms with van der Waals surface area (Å²) in [6.45, 7) is 0. The molecular formula is C24H10Cl2F2O5. The maximum atomic E-state index is 14.4. The van der Waals surface area contributed by atoms with E-state index >= 15 is 0 Å². The number of hydrogen-bond acceptors (Lipinski definition) is 5. The second-order valence-corrected chi connectivity index (χ2v) is 7.94. The van der Waals surface area contributed by atoms with Gasteiger partial charge in [0.2, 0.25) is 10.9 Å². The highest BCUT2D eigenvalue weighted by atomic mass is 35.5. The van der Waals surface area contributed by atoms with Gasteiger partial charge in [-0.15, -0.1) is 0 Å². The Balaban J connectivity index is 1.90. The van der Waals surface area contributed by atoms with Crippen molar-refractivity contribution in [1.29, 1.82) is 0 Å². The third-order valence-corrected chi connectivity index (χ3v) is 5.86. The Labute approximate surface area is 193 Å². The number of halogens is 4. The van der Waals surface area contributed by atoms with Crippen LogP contribution in [0.5, 0.6) is 5.75 Å². The molecule has 0 aliphatic carbocycles. The van der Waals surface area contributed by atoms with Crippen molar-refractivity contribution in [1.82, 2.24) is 0 Å². The van der Waals surface area contributed by atoms with Gasteiger partial charge < -0.3 is 13.9 Å². The Morgan fingerprint density at radius 1 is 0.758 bits per heavy atom. The molecule has 1 N–H and O–H groups in total. The molecule has 5 aromatic rings. The fourth-order valence-electron chi connectivity index (χ4n) is 3.74. The van der Waals surface area contributed by atoms with E-state index in [1.54, 1.807) is 0 Å². The summed E-state index contributed by atoms with van der Waals surface area (Å²) in [6.07, 6.45) is 1.95. The SMILES string of the molecule is O=c1c(-c2c(F)cccc2Cl)coc2c1c(O)cc1occ(-c3c(F)cccc3Cl)c(=O)c12. The Morgan fingerprint density at radius 3 is 1.82 bits per heavy atom. The maximum absolute atomic E-state index is 14.4. The van der Waals surface area contributed by atoms with Gasteiger partial charge in [-0.2, -0.15) is 0 Å². The average molecular weight is 487 g/mol. The maximum Gasteiger partial charge on any atom is 0.204 e. The van der Waals surface area contributed by atoms with E-state index < -0.39 is 28.2 Å². The molecule has 2 heterocycles. The van der Waals surface area contributed by atoms with Crippen LogP contribution in [-0.4, -0.2) is 5.11 Å². The second-order valence-electron chi connectivity index (χ2n) is 7.12. The molecule has 5 nitrogen and oxygen atoms in total. The van der Waals surface area contributed by atoms with Gasteiger partial charge in [-0.3, -0.25) is 9.59 Å². The van der Waals surface area contributed by atoms with Gasteiger partial charge in [-0.25, -0.2) is 8.78 Å². The highest BCUT2D eigenvalue weighted by Gasteiger charge is 2.23. The van der Waals surface area contributed by atoms with Crippen molar-refractivity contribution in [2.75, 3.05) is 0 Å². The number of hydrogen-bond donors (Lipinski definition) is 1. The lowest BCUT2D eigenvalue weighted by molar-refractivity contribution is 0.478. The molecule has 164 valence electrons. The summed E-state index contributed by atoms with van der Waals surface area (Å²) in [4.78, 5) is 26.5. The van der Waals surface area contributed by atoms with Crippen LogP contribution in [-0.2, 0) is 0 Å². The minimum absolute atomic E-state index is 0.0253. The van der Waals surface area contributed by atoms with Crippen LogP contribution in [0, 0.1) is 11.6 Å². The predicted octanol–water partition coefficient (Wildman–Crippen LogP) is 6.52. The van der Waals surface area contributed by atoms with Gasteiger partial charge in [-0.1, -0.05) is 35.3 Å². The summed E-state index contributed by atoms with van der Waals surface area (Å²) in [6, 6.07) is 8.84. The van der Waals surface area contributed by atoms with E-state index in [0.29, 0.717) is 0 Å². The quantitative estimate of drug-likeness (QED) is 0.287. The fourth-order valence-corrected chi connectivity index (χ4v) is 4.27. The molecule has 0 unspecified atom stereocenters. The van der Waals surface area contributed by atoms with Crippen LogP contribution in [0.3, 0.4) is 0 Å². The minimum atomic E-state index is -0.823. The lowest BCUT2D eigenvalue weighted by Crippen LogP contribution is -2.11. The lowest BCUT2D eigenvalue weighted by Gasteiger charge is -2.10. The minimum Gasteiger partial charge on any atom is -0.507 e. The zero-order chi connectivity index (χ0) is 23.4. The fraction of sp³-hybridized carbons (Fsp3) is 0. The Bertz CT molecular complexity index is 1680. The zero-order valence-corrected chi connectivity index (χ0v) is 17.8. The van der Waals surface area contributed by atoms with Crippen LogP contribution in [0.25, 0.3) is 44.2 Å². The molecule has 0 spiro atoms. The monoisotopic (exact) mass is 486 g/mol. The zero-order valence-electron chi connectivity index (χ0n) is 16.3. The van der Waals surface area contributed by atoms with Crippen molar-refractivity contribution < 1.29 is 22.7 Å². The van der Waals surface area contributed by atoms with Crippen LogP contribution in [0.1, 0.15) is 0 Å². The molecule has 0 radical (unpaired) electrons.